The molecular weight excluding hydrogens is 178 g/mol. The van der Waals surface area contributed by atoms with Crippen molar-refractivity contribution >= 4 is 12.5 Å². The highest BCUT2D eigenvalue weighted by Gasteiger charge is 1.89. The number of methoxy groups -OCH3 is 1. The Bertz CT molecular complexity index is 207. The Labute approximate surface area is 86.1 Å². The van der Waals surface area contributed by atoms with Crippen LogP contribution in [-0.2, 0) is 4.79 Å². The molecule has 3 heteroatoms. The second kappa shape index (κ2) is 11.5. The van der Waals surface area contributed by atoms with Crippen LogP contribution in [0.1, 0.15) is 13.8 Å². The zero-order chi connectivity index (χ0) is 11.4. The van der Waals surface area contributed by atoms with Gasteiger partial charge in [0.2, 0.25) is 0 Å². The molecule has 0 aromatic heterocycles. The largest absolute Gasteiger partial charge is 0.497 e. The van der Waals surface area contributed by atoms with E-state index in [9.17, 15) is 0 Å². The summed E-state index contributed by atoms with van der Waals surface area (Å²) in [6.07, 6.45) is 0. The molecule has 0 aliphatic carbocycles. The summed E-state index contributed by atoms with van der Waals surface area (Å²) in [5.74, 6) is 0.881. The fourth-order valence-corrected chi connectivity index (χ4v) is 0.779. The summed E-state index contributed by atoms with van der Waals surface area (Å²) >= 11 is 0. The molecule has 0 aliphatic rings. The molecule has 0 unspecified atom stereocenters. The molecule has 0 heterocycles. The van der Waals surface area contributed by atoms with Gasteiger partial charge in [-0.25, -0.2) is 0 Å². The van der Waals surface area contributed by atoms with E-state index in [-0.39, 0.29) is 0 Å². The third kappa shape index (κ3) is 6.06. The fraction of sp³-hybridized carbons (Fsp3) is 0.364. The van der Waals surface area contributed by atoms with Crippen molar-refractivity contribution < 1.29 is 9.53 Å². The van der Waals surface area contributed by atoms with Crippen molar-refractivity contribution in [3.8, 4) is 5.75 Å². The van der Waals surface area contributed by atoms with Gasteiger partial charge in [-0.1, -0.05) is 19.9 Å². The first-order valence-electron chi connectivity index (χ1n) is 4.47. The Morgan fingerprint density at radius 2 is 1.86 bits per heavy atom. The molecule has 3 nitrogen and oxygen atoms in total. The molecular formula is C11H19NO2. The molecule has 1 aromatic rings. The molecule has 1 aromatic carbocycles. The van der Waals surface area contributed by atoms with E-state index < -0.39 is 0 Å². The number of hydrogen-bond acceptors (Lipinski definition) is 3. The van der Waals surface area contributed by atoms with Gasteiger partial charge in [0.05, 0.1) is 7.11 Å². The minimum atomic E-state index is 0.881. The normalized spacial score (nSPS) is 7.14. The average Bonchev–Trinajstić information content (AvgIpc) is 2.34. The van der Waals surface area contributed by atoms with Crippen molar-refractivity contribution in [1.82, 2.24) is 0 Å². The number of benzene rings is 1. The van der Waals surface area contributed by atoms with Gasteiger partial charge in [0.1, 0.15) is 12.5 Å². The van der Waals surface area contributed by atoms with Crippen LogP contribution >= 0.6 is 0 Å². The molecule has 80 valence electrons. The highest BCUT2D eigenvalue weighted by molar-refractivity contribution is 5.47. The number of ether oxygens (including phenoxy) is 1. The van der Waals surface area contributed by atoms with Crippen LogP contribution in [0.5, 0.6) is 5.75 Å². The van der Waals surface area contributed by atoms with E-state index in [1.165, 1.54) is 0 Å². The summed E-state index contributed by atoms with van der Waals surface area (Å²) in [4.78, 5) is 8.00. The molecule has 14 heavy (non-hydrogen) atoms. The Hall–Kier alpha value is -1.51. The van der Waals surface area contributed by atoms with E-state index in [4.69, 9.17) is 9.53 Å². The average molecular weight is 197 g/mol. The molecule has 0 saturated heterocycles. The molecule has 0 bridgehead atoms. The maximum absolute atomic E-state index is 8.00. The topological polar surface area (TPSA) is 38.3 Å². The second-order valence-corrected chi connectivity index (χ2v) is 1.98. The van der Waals surface area contributed by atoms with Crippen LogP contribution in [0.2, 0.25) is 0 Å². The minimum Gasteiger partial charge on any atom is -0.497 e. The third-order valence-corrected chi connectivity index (χ3v) is 1.36. The van der Waals surface area contributed by atoms with Gasteiger partial charge in [-0.2, -0.15) is 0 Å². The zero-order valence-corrected chi connectivity index (χ0v) is 9.33. The van der Waals surface area contributed by atoms with Gasteiger partial charge in [-0.05, 0) is 12.1 Å². The van der Waals surface area contributed by atoms with Crippen LogP contribution in [0.25, 0.3) is 0 Å². The number of carbonyl (C=O) groups excluding carboxylic acids is 1. The maximum atomic E-state index is 8.00. The van der Waals surface area contributed by atoms with Crippen LogP contribution in [0.15, 0.2) is 24.3 Å². The predicted molar refractivity (Wildman–Crippen MR) is 61.0 cm³/mol. The van der Waals surface area contributed by atoms with Crippen molar-refractivity contribution in [1.29, 1.82) is 0 Å². The van der Waals surface area contributed by atoms with Crippen molar-refractivity contribution in [2.24, 2.45) is 0 Å². The van der Waals surface area contributed by atoms with Crippen molar-refractivity contribution in [2.75, 3.05) is 19.5 Å². The van der Waals surface area contributed by atoms with E-state index in [0.717, 1.165) is 11.4 Å². The van der Waals surface area contributed by atoms with Gasteiger partial charge in [0.15, 0.2) is 0 Å². The third-order valence-electron chi connectivity index (χ3n) is 1.36. The van der Waals surface area contributed by atoms with Gasteiger partial charge in [0.25, 0.3) is 0 Å². The van der Waals surface area contributed by atoms with Crippen LogP contribution in [0.3, 0.4) is 0 Å². The summed E-state index contributed by atoms with van der Waals surface area (Å²) < 4.78 is 5.02. The smallest absolute Gasteiger partial charge is 0.120 e. The highest BCUT2D eigenvalue weighted by Crippen LogP contribution is 2.15. The Morgan fingerprint density at radius 1 is 1.29 bits per heavy atom. The quantitative estimate of drug-likeness (QED) is 0.792. The van der Waals surface area contributed by atoms with Gasteiger partial charge < -0.3 is 14.8 Å². The number of rotatable bonds is 2. The van der Waals surface area contributed by atoms with Crippen LogP contribution in [-0.4, -0.2) is 20.9 Å². The number of carbonyl (C=O) groups is 1. The van der Waals surface area contributed by atoms with E-state index >= 15 is 0 Å². The van der Waals surface area contributed by atoms with E-state index in [0.29, 0.717) is 0 Å². The fourth-order valence-electron chi connectivity index (χ4n) is 0.779. The molecule has 1 N–H and O–H groups in total. The molecule has 0 spiro atoms. The summed E-state index contributed by atoms with van der Waals surface area (Å²) in [5.41, 5.74) is 1.07. The van der Waals surface area contributed by atoms with Crippen LogP contribution in [0, 0.1) is 0 Å². The van der Waals surface area contributed by atoms with Crippen LogP contribution in [0.4, 0.5) is 5.69 Å². The predicted octanol–water partition coefficient (Wildman–Crippen LogP) is 2.58. The van der Waals surface area contributed by atoms with Crippen LogP contribution < -0.4 is 10.1 Å². The Balaban J connectivity index is 0. The standard InChI is InChI=1S/C8H11NO.C2H6.CH2O/c1-9-7-4-3-5-8(6-7)10-2;2*1-2/h3-6,9H,1-2H3;1-2H3;1H2. The molecule has 0 atom stereocenters. The van der Waals surface area contributed by atoms with Crippen molar-refractivity contribution in [3.63, 3.8) is 0 Å². The maximum Gasteiger partial charge on any atom is 0.120 e. The Kier molecular flexibility index (Phi) is 12.3. The lowest BCUT2D eigenvalue weighted by molar-refractivity contribution is -0.0979. The van der Waals surface area contributed by atoms with Gasteiger partial charge in [0, 0.05) is 18.8 Å². The summed E-state index contributed by atoms with van der Waals surface area (Å²) in [7, 11) is 3.55. The monoisotopic (exact) mass is 197 g/mol. The molecule has 0 saturated carbocycles. The summed E-state index contributed by atoms with van der Waals surface area (Å²) in [5, 5.41) is 3.02. The molecule has 0 radical (unpaired) electrons. The second-order valence-electron chi connectivity index (χ2n) is 1.98. The highest BCUT2D eigenvalue weighted by atomic mass is 16.5. The zero-order valence-electron chi connectivity index (χ0n) is 9.33. The van der Waals surface area contributed by atoms with E-state index in [1.807, 2.05) is 51.9 Å². The van der Waals surface area contributed by atoms with Gasteiger partial charge in [-0.15, -0.1) is 0 Å². The molecule has 0 fully saturated rings. The lowest BCUT2D eigenvalue weighted by Gasteiger charge is -2.01. The summed E-state index contributed by atoms with van der Waals surface area (Å²) in [6, 6.07) is 7.80. The van der Waals surface area contributed by atoms with Crippen molar-refractivity contribution in [3.05, 3.63) is 24.3 Å². The molecule has 1 rings (SSSR count). The van der Waals surface area contributed by atoms with E-state index in [1.54, 1.807) is 7.11 Å². The number of nitrogens with one attached hydrogen (secondary N) is 1. The summed E-state index contributed by atoms with van der Waals surface area (Å²) in [6.45, 7) is 6.00. The number of anilines is 1. The first-order chi connectivity index (χ1) is 6.86. The van der Waals surface area contributed by atoms with Gasteiger partial charge in [-0.3, -0.25) is 0 Å². The molecule has 0 aliphatic heterocycles. The van der Waals surface area contributed by atoms with E-state index in [2.05, 4.69) is 5.32 Å². The SMILES string of the molecule is C=O.CC.CNc1cccc(OC)c1. The lowest BCUT2D eigenvalue weighted by Crippen LogP contribution is -1.88. The van der Waals surface area contributed by atoms with Gasteiger partial charge >= 0.3 is 0 Å². The Morgan fingerprint density at radius 3 is 2.29 bits per heavy atom. The minimum absolute atomic E-state index is 0.881. The molecule has 0 amide bonds. The first-order valence-corrected chi connectivity index (χ1v) is 4.47. The first kappa shape index (κ1) is 15.0. The number of hydrogen-bond donors (Lipinski definition) is 1. The lowest BCUT2D eigenvalue weighted by atomic mass is 10.3. The van der Waals surface area contributed by atoms with Crippen molar-refractivity contribution in [2.45, 2.75) is 13.8 Å².